The Morgan fingerprint density at radius 1 is 1.45 bits per heavy atom. The number of amides is 1. The van der Waals surface area contributed by atoms with E-state index in [0.29, 0.717) is 15.8 Å². The molecule has 2 N–H and O–H groups in total. The normalized spacial score (nSPS) is 11.9. The molecule has 0 spiro atoms. The van der Waals surface area contributed by atoms with Crippen molar-refractivity contribution in [3.05, 3.63) is 46.2 Å². The highest BCUT2D eigenvalue weighted by Gasteiger charge is 2.11. The van der Waals surface area contributed by atoms with Gasteiger partial charge in [-0.1, -0.05) is 23.2 Å². The van der Waals surface area contributed by atoms with E-state index in [-0.39, 0.29) is 18.6 Å². The zero-order valence-corrected chi connectivity index (χ0v) is 12.2. The van der Waals surface area contributed by atoms with E-state index in [1.165, 1.54) is 0 Å². The second-order valence-corrected chi connectivity index (χ2v) is 5.00. The van der Waals surface area contributed by atoms with Crippen molar-refractivity contribution in [3.63, 3.8) is 0 Å². The van der Waals surface area contributed by atoms with Crippen LogP contribution in [-0.2, 0) is 4.79 Å². The number of carbonyl (C=O) groups excluding carboxylic acids is 1. The number of ether oxygens (including phenoxy) is 1. The molecule has 1 heterocycles. The average Bonchev–Trinajstić information content (AvgIpc) is 2.94. The van der Waals surface area contributed by atoms with E-state index < -0.39 is 0 Å². The maximum absolute atomic E-state index is 11.7. The van der Waals surface area contributed by atoms with E-state index in [2.05, 4.69) is 15.5 Å². The Kier molecular flexibility index (Phi) is 4.87. The second kappa shape index (κ2) is 6.63. The number of H-pyrrole nitrogens is 1. The summed E-state index contributed by atoms with van der Waals surface area (Å²) in [5.74, 6) is 0.260. The van der Waals surface area contributed by atoms with E-state index in [1.54, 1.807) is 30.6 Å². The lowest BCUT2D eigenvalue weighted by Gasteiger charge is -2.12. The van der Waals surface area contributed by atoms with Gasteiger partial charge < -0.3 is 10.1 Å². The Labute approximate surface area is 126 Å². The summed E-state index contributed by atoms with van der Waals surface area (Å²) in [6.45, 7) is 1.77. The van der Waals surface area contributed by atoms with E-state index in [9.17, 15) is 4.79 Å². The number of nitrogens with zero attached hydrogens (tertiary/aromatic N) is 1. The molecule has 20 heavy (non-hydrogen) atoms. The summed E-state index contributed by atoms with van der Waals surface area (Å²) in [6.07, 6.45) is 3.38. The SMILES string of the molecule is CC(NC(=O)COc1ccc(Cl)c(Cl)c1)c1cn[nH]c1. The van der Waals surface area contributed by atoms with Crippen molar-refractivity contribution in [2.24, 2.45) is 0 Å². The lowest BCUT2D eigenvalue weighted by Crippen LogP contribution is -2.31. The van der Waals surface area contributed by atoms with Gasteiger partial charge in [-0.15, -0.1) is 0 Å². The zero-order valence-electron chi connectivity index (χ0n) is 10.7. The number of aromatic nitrogens is 2. The van der Waals surface area contributed by atoms with Gasteiger partial charge in [0, 0.05) is 17.8 Å². The predicted molar refractivity (Wildman–Crippen MR) is 77.1 cm³/mol. The fourth-order valence-electron chi connectivity index (χ4n) is 1.58. The predicted octanol–water partition coefficient (Wildman–Crippen LogP) is 2.97. The number of hydrogen-bond acceptors (Lipinski definition) is 3. The third-order valence-electron chi connectivity index (χ3n) is 2.66. The number of nitrogens with one attached hydrogen (secondary N) is 2. The van der Waals surface area contributed by atoms with Gasteiger partial charge in [-0.05, 0) is 19.1 Å². The molecule has 1 atom stereocenters. The van der Waals surface area contributed by atoms with Crippen LogP contribution in [0.2, 0.25) is 10.0 Å². The molecular weight excluding hydrogens is 301 g/mol. The molecule has 1 amide bonds. The van der Waals surface area contributed by atoms with Crippen LogP contribution in [-0.4, -0.2) is 22.7 Å². The van der Waals surface area contributed by atoms with Crippen molar-refractivity contribution in [1.82, 2.24) is 15.5 Å². The van der Waals surface area contributed by atoms with Gasteiger partial charge in [0.05, 0.1) is 22.3 Å². The van der Waals surface area contributed by atoms with E-state index in [4.69, 9.17) is 27.9 Å². The second-order valence-electron chi connectivity index (χ2n) is 4.19. The van der Waals surface area contributed by atoms with Crippen molar-refractivity contribution in [1.29, 1.82) is 0 Å². The first-order chi connectivity index (χ1) is 9.56. The molecule has 2 rings (SSSR count). The summed E-state index contributed by atoms with van der Waals surface area (Å²) in [5, 5.41) is 10.1. The quantitative estimate of drug-likeness (QED) is 0.891. The van der Waals surface area contributed by atoms with Crippen LogP contribution in [0, 0.1) is 0 Å². The third kappa shape index (κ3) is 3.88. The Morgan fingerprint density at radius 2 is 2.25 bits per heavy atom. The Hall–Kier alpha value is -1.72. The lowest BCUT2D eigenvalue weighted by atomic mass is 10.2. The first-order valence-corrected chi connectivity index (χ1v) is 6.67. The highest BCUT2D eigenvalue weighted by Crippen LogP contribution is 2.26. The largest absolute Gasteiger partial charge is 0.484 e. The minimum atomic E-state index is -0.232. The van der Waals surface area contributed by atoms with Crippen LogP contribution in [0.5, 0.6) is 5.75 Å². The standard InChI is InChI=1S/C13H13Cl2N3O2/c1-8(9-5-16-17-6-9)18-13(19)7-20-10-2-3-11(14)12(15)4-10/h2-6,8H,7H2,1H3,(H,16,17)(H,18,19). The molecule has 0 bridgehead atoms. The molecule has 106 valence electrons. The molecule has 0 aliphatic rings. The molecule has 0 saturated carbocycles. The first-order valence-electron chi connectivity index (χ1n) is 5.92. The molecule has 1 unspecified atom stereocenters. The summed E-state index contributed by atoms with van der Waals surface area (Å²) in [7, 11) is 0. The summed E-state index contributed by atoms with van der Waals surface area (Å²) in [4.78, 5) is 11.7. The molecule has 1 aromatic heterocycles. The lowest BCUT2D eigenvalue weighted by molar-refractivity contribution is -0.123. The molecule has 0 aliphatic heterocycles. The fourth-order valence-corrected chi connectivity index (χ4v) is 1.87. The van der Waals surface area contributed by atoms with Crippen molar-refractivity contribution in [2.75, 3.05) is 6.61 Å². The van der Waals surface area contributed by atoms with Gasteiger partial charge in [0.15, 0.2) is 6.61 Å². The average molecular weight is 314 g/mol. The topological polar surface area (TPSA) is 67.0 Å². The summed E-state index contributed by atoms with van der Waals surface area (Å²) >= 11 is 11.7. The molecule has 7 heteroatoms. The molecule has 1 aromatic carbocycles. The third-order valence-corrected chi connectivity index (χ3v) is 3.40. The number of halogens is 2. The van der Waals surface area contributed by atoms with Gasteiger partial charge >= 0.3 is 0 Å². The number of hydrogen-bond donors (Lipinski definition) is 2. The monoisotopic (exact) mass is 313 g/mol. The molecule has 0 fully saturated rings. The zero-order chi connectivity index (χ0) is 14.5. The van der Waals surface area contributed by atoms with Gasteiger partial charge in [-0.2, -0.15) is 5.10 Å². The smallest absolute Gasteiger partial charge is 0.258 e. The van der Waals surface area contributed by atoms with Crippen LogP contribution in [0.25, 0.3) is 0 Å². The van der Waals surface area contributed by atoms with Gasteiger partial charge in [0.25, 0.3) is 5.91 Å². The number of benzene rings is 1. The maximum Gasteiger partial charge on any atom is 0.258 e. The van der Waals surface area contributed by atoms with Crippen LogP contribution in [0.4, 0.5) is 0 Å². The van der Waals surface area contributed by atoms with Crippen LogP contribution in [0.1, 0.15) is 18.5 Å². The Balaban J connectivity index is 1.84. The number of aromatic amines is 1. The minimum absolute atomic E-state index is 0.0971. The van der Waals surface area contributed by atoms with Crippen LogP contribution in [0.15, 0.2) is 30.6 Å². The van der Waals surface area contributed by atoms with Crippen molar-refractivity contribution in [2.45, 2.75) is 13.0 Å². The van der Waals surface area contributed by atoms with E-state index in [1.807, 2.05) is 6.92 Å². The van der Waals surface area contributed by atoms with E-state index >= 15 is 0 Å². The maximum atomic E-state index is 11.7. The molecule has 0 radical (unpaired) electrons. The first kappa shape index (κ1) is 14.7. The number of carbonyl (C=O) groups is 1. The summed E-state index contributed by atoms with van der Waals surface area (Å²) in [6, 6.07) is 4.70. The van der Waals surface area contributed by atoms with Crippen LogP contribution in [0.3, 0.4) is 0 Å². The summed E-state index contributed by atoms with van der Waals surface area (Å²) < 4.78 is 5.34. The fraction of sp³-hybridized carbons (Fsp3) is 0.231. The number of rotatable bonds is 5. The van der Waals surface area contributed by atoms with Crippen molar-refractivity contribution >= 4 is 29.1 Å². The highest BCUT2D eigenvalue weighted by molar-refractivity contribution is 6.42. The van der Waals surface area contributed by atoms with Gasteiger partial charge in [-0.25, -0.2) is 0 Å². The van der Waals surface area contributed by atoms with Crippen molar-refractivity contribution in [3.8, 4) is 5.75 Å². The Morgan fingerprint density at radius 3 is 2.90 bits per heavy atom. The molecule has 5 nitrogen and oxygen atoms in total. The summed E-state index contributed by atoms with van der Waals surface area (Å²) in [5.41, 5.74) is 0.896. The molecule has 0 saturated heterocycles. The minimum Gasteiger partial charge on any atom is -0.484 e. The highest BCUT2D eigenvalue weighted by atomic mass is 35.5. The van der Waals surface area contributed by atoms with Gasteiger partial charge in [-0.3, -0.25) is 9.89 Å². The van der Waals surface area contributed by atoms with Crippen molar-refractivity contribution < 1.29 is 9.53 Å². The Bertz CT molecular complexity index is 587. The van der Waals surface area contributed by atoms with Gasteiger partial charge in [0.1, 0.15) is 5.75 Å². The molecular formula is C13H13Cl2N3O2. The van der Waals surface area contributed by atoms with Crippen LogP contribution < -0.4 is 10.1 Å². The van der Waals surface area contributed by atoms with E-state index in [0.717, 1.165) is 5.56 Å². The van der Waals surface area contributed by atoms with Gasteiger partial charge in [0.2, 0.25) is 0 Å². The molecule has 0 aliphatic carbocycles. The molecule has 2 aromatic rings. The van der Waals surface area contributed by atoms with Crippen LogP contribution >= 0.6 is 23.2 Å².